The lowest BCUT2D eigenvalue weighted by Gasteiger charge is -2.13. The van der Waals surface area contributed by atoms with Crippen molar-refractivity contribution in [3.05, 3.63) is 0 Å². The van der Waals surface area contributed by atoms with E-state index in [1.54, 1.807) is 0 Å². The van der Waals surface area contributed by atoms with Crippen LogP contribution < -0.4 is 0 Å². The van der Waals surface area contributed by atoms with E-state index in [1.165, 1.54) is 18.1 Å². The van der Waals surface area contributed by atoms with Crippen LogP contribution in [0.15, 0.2) is 0 Å². The van der Waals surface area contributed by atoms with Crippen LogP contribution in [0.25, 0.3) is 0 Å². The molecule has 1 rings (SSSR count). The maximum atomic E-state index is 5.65. The predicted octanol–water partition coefficient (Wildman–Crippen LogP) is 4.33. The van der Waals surface area contributed by atoms with Crippen LogP contribution in [0, 0.1) is 0 Å². The van der Waals surface area contributed by atoms with Gasteiger partial charge in [-0.2, -0.15) is 0 Å². The van der Waals surface area contributed by atoms with Gasteiger partial charge in [0.1, 0.15) is 0 Å². The maximum Gasteiger partial charge on any atom is 0.609 e. The first-order chi connectivity index (χ1) is 7.91. The van der Waals surface area contributed by atoms with Gasteiger partial charge >= 0.3 is 58.3 Å². The Morgan fingerprint density at radius 1 is 0.895 bits per heavy atom. The van der Waals surface area contributed by atoms with E-state index in [1.807, 2.05) is 0 Å². The summed E-state index contributed by atoms with van der Waals surface area (Å²) in [6, 6.07) is 0. The minimum absolute atomic E-state index is 0. The van der Waals surface area contributed by atoms with Gasteiger partial charge in [0.25, 0.3) is 0 Å². The van der Waals surface area contributed by atoms with Crippen LogP contribution in [-0.2, 0) is 9.47 Å². The third kappa shape index (κ3) is 20.0. The van der Waals surface area contributed by atoms with Crippen molar-refractivity contribution >= 4 is 58.3 Å². The molecule has 0 N–H and O–H groups in total. The van der Waals surface area contributed by atoms with Gasteiger partial charge in [-0.1, -0.05) is 61.3 Å². The molecule has 3 nitrogen and oxygen atoms in total. The fourth-order valence-corrected chi connectivity index (χ4v) is 10.3. The van der Waals surface area contributed by atoms with Crippen LogP contribution in [0.4, 0.5) is 0 Å². The minimum atomic E-state index is -1.19. The van der Waals surface area contributed by atoms with Crippen LogP contribution in [0.3, 0.4) is 0 Å². The van der Waals surface area contributed by atoms with Gasteiger partial charge in [0.05, 0.1) is 0 Å². The zero-order valence-corrected chi connectivity index (χ0v) is 17.0. The van der Waals surface area contributed by atoms with Gasteiger partial charge in [0.2, 0.25) is 0 Å². The van der Waals surface area contributed by atoms with Gasteiger partial charge < -0.3 is 9.47 Å². The molecule has 0 saturated carbocycles. The minimum Gasteiger partial charge on any atom is -0.616 e. The van der Waals surface area contributed by atoms with Crippen molar-refractivity contribution in [2.75, 3.05) is 6.61 Å². The standard InChI is InChI=1S/C4H8O.2CH4.6CH3.4Al.2O/c1-2-3-4-5;;;;;;;;;;;;;;/h1-4H2;2*1H4;6*1H3;;;;;;/q-1;;;;;;;;;;;;+1;;. The van der Waals surface area contributed by atoms with Crippen molar-refractivity contribution in [3.63, 3.8) is 0 Å². The van der Waals surface area contributed by atoms with E-state index >= 15 is 0 Å². The highest BCUT2D eigenvalue weighted by Gasteiger charge is 2.21. The average molecular weight is 334 g/mol. The Labute approximate surface area is 141 Å². The third-order valence-corrected chi connectivity index (χ3v) is 11.8. The van der Waals surface area contributed by atoms with Gasteiger partial charge in [0.15, 0.2) is 0 Å². The zero-order valence-electron chi connectivity index (χ0n) is 12.4. The Hall–Kier alpha value is 2.01. The molecule has 0 aromatic carbocycles. The Balaban J connectivity index is -0.000000253. The summed E-state index contributed by atoms with van der Waals surface area (Å²) in [5.74, 6) is 13.2. The topological polar surface area (TPSA) is 27.7 Å². The molecule has 0 bridgehead atoms. The lowest BCUT2D eigenvalue weighted by Crippen LogP contribution is -2.29. The summed E-state index contributed by atoms with van der Waals surface area (Å²) in [6.07, 6.45) is 2.73. The molecule has 0 atom stereocenters. The molecular formula is C12H34Al4O3. The largest absolute Gasteiger partial charge is 0.616 e. The molecule has 0 unspecified atom stereocenters. The number of hydrogen-bond donors (Lipinski definition) is 0. The summed E-state index contributed by atoms with van der Waals surface area (Å²) in [5, 5.41) is 1.40. The summed E-state index contributed by atoms with van der Waals surface area (Å²) in [5.41, 5.74) is 0. The third-order valence-electron chi connectivity index (χ3n) is 2.33. The first kappa shape index (κ1) is 25.9. The summed E-state index contributed by atoms with van der Waals surface area (Å²) >= 11 is -3.45. The average Bonchev–Trinajstić information content (AvgIpc) is 2.16. The van der Waals surface area contributed by atoms with Crippen molar-refractivity contribution in [2.24, 2.45) is 0 Å². The molecule has 19 heavy (non-hydrogen) atoms. The maximum absolute atomic E-state index is 5.65. The summed E-state index contributed by atoms with van der Waals surface area (Å²) in [4.78, 5) is 0. The Bertz CT molecular complexity index is 166. The van der Waals surface area contributed by atoms with Crippen LogP contribution >= 0.6 is 0 Å². The van der Waals surface area contributed by atoms with Crippen molar-refractivity contribution in [1.82, 2.24) is 0 Å². The zero-order chi connectivity index (χ0) is 13.3. The Morgan fingerprint density at radius 2 is 1.37 bits per heavy atom. The van der Waals surface area contributed by atoms with Crippen LogP contribution in [0.5, 0.6) is 0 Å². The normalized spacial score (nSPS) is 13.3. The Morgan fingerprint density at radius 3 is 1.58 bits per heavy atom. The van der Waals surface area contributed by atoms with E-state index in [-0.39, 0.29) is 14.9 Å². The highest BCUT2D eigenvalue weighted by Crippen LogP contribution is 2.09. The van der Waals surface area contributed by atoms with E-state index in [0.717, 1.165) is 6.61 Å². The molecule has 7 heteroatoms. The molecule has 0 aliphatic carbocycles. The summed E-state index contributed by atoms with van der Waals surface area (Å²) in [6.45, 7) is 1.05. The lowest BCUT2D eigenvalue weighted by atomic mass is 10.4. The van der Waals surface area contributed by atoms with Gasteiger partial charge in [-0.05, 0) is 6.42 Å². The summed E-state index contributed by atoms with van der Waals surface area (Å²) in [7, 11) is 0. The van der Waals surface area contributed by atoms with Crippen LogP contribution in [0.1, 0.15) is 27.7 Å². The number of rotatable bonds is 4. The highest BCUT2D eigenvalue weighted by molar-refractivity contribution is 6.66. The monoisotopic (exact) mass is 334 g/mol. The molecule has 0 spiro atoms. The molecule has 1 aliphatic heterocycles. The van der Waals surface area contributed by atoms with Gasteiger partial charge in [-0.15, -0.1) is 0 Å². The van der Waals surface area contributed by atoms with E-state index < -0.39 is 58.3 Å². The van der Waals surface area contributed by atoms with Crippen molar-refractivity contribution < 1.29 is 9.47 Å². The molecular weight excluding hydrogens is 300 g/mol. The molecule has 1 saturated heterocycles. The van der Waals surface area contributed by atoms with Crippen LogP contribution in [0.2, 0.25) is 40.0 Å². The second kappa shape index (κ2) is 16.4. The smallest absolute Gasteiger partial charge is 0.609 e. The molecule has 0 amide bonds. The molecule has 1 fully saturated rings. The quantitative estimate of drug-likeness (QED) is 0.716. The molecule has 0 aromatic rings. The molecule has 0 aromatic heterocycles. The van der Waals surface area contributed by atoms with E-state index in [9.17, 15) is 0 Å². The fourth-order valence-electron chi connectivity index (χ4n) is 1.70. The van der Waals surface area contributed by atoms with Crippen LogP contribution in [-0.4, -0.2) is 64.9 Å². The second-order valence-electron chi connectivity index (χ2n) is 5.11. The second-order valence-corrected chi connectivity index (χ2v) is 15.2. The van der Waals surface area contributed by atoms with E-state index in [4.69, 9.17) is 9.47 Å². The molecule has 112 valence electrons. The molecule has 0 radical (unpaired) electrons. The first-order valence-corrected chi connectivity index (χ1v) is 16.9. The van der Waals surface area contributed by atoms with Crippen molar-refractivity contribution in [3.8, 4) is 0 Å². The number of hydrogen-bond acceptors (Lipinski definition) is 3. The van der Waals surface area contributed by atoms with Gasteiger partial charge in [0, 0.05) is 6.61 Å². The molecule has 1 heterocycles. The predicted molar refractivity (Wildman–Crippen MR) is 93.8 cm³/mol. The van der Waals surface area contributed by atoms with Crippen molar-refractivity contribution in [1.29, 1.82) is 0 Å². The van der Waals surface area contributed by atoms with Gasteiger partial charge in [-0.25, -0.2) is 0 Å². The van der Waals surface area contributed by atoms with E-state index in [0.29, 0.717) is 0 Å². The SMILES string of the molecule is C.C.[CH3][Al]([CH3])[O][Al]([CH3])[O][Al]([CH3])[CH3].[CH3][Al]1[CH2]CCC[O]1. The summed E-state index contributed by atoms with van der Waals surface area (Å²) < 4.78 is 16.7. The van der Waals surface area contributed by atoms with Gasteiger partial charge in [-0.3, -0.25) is 0 Å². The molecule has 1 aliphatic rings. The Kier molecular flexibility index (Phi) is 22.4. The van der Waals surface area contributed by atoms with Crippen molar-refractivity contribution in [2.45, 2.75) is 67.7 Å². The first-order valence-electron chi connectivity index (χ1n) is 6.84. The lowest BCUT2D eigenvalue weighted by molar-refractivity contribution is 0.291. The van der Waals surface area contributed by atoms with E-state index in [2.05, 4.69) is 34.7 Å². The highest BCUT2D eigenvalue weighted by atomic mass is 27.3. The fraction of sp³-hybridized carbons (Fsp3) is 1.00.